The fourth-order valence-corrected chi connectivity index (χ4v) is 5.09. The standard InChI is InChI=1S/C29H33N5O3/c1-19-8-10-22(11-9-19)18-34-26-7-5-4-6-25(26)31-27(29(34)36)33-16-13-23(14-17-33)28(35)30-15-12-24-20(2)32-37-21(24)3/h4-11,23H,12-18H2,1-3H3,(H,30,35). The minimum atomic E-state index is -0.0957. The van der Waals surface area contributed by atoms with Gasteiger partial charge in [-0.25, -0.2) is 4.98 Å². The summed E-state index contributed by atoms with van der Waals surface area (Å²) >= 11 is 0. The monoisotopic (exact) mass is 499 g/mol. The van der Waals surface area contributed by atoms with Gasteiger partial charge < -0.3 is 14.7 Å². The second kappa shape index (κ2) is 10.6. The van der Waals surface area contributed by atoms with Crippen LogP contribution in [-0.4, -0.2) is 40.2 Å². The van der Waals surface area contributed by atoms with E-state index in [1.807, 2.05) is 47.6 Å². The predicted molar refractivity (Wildman–Crippen MR) is 144 cm³/mol. The molecule has 3 heterocycles. The zero-order valence-electron chi connectivity index (χ0n) is 21.7. The summed E-state index contributed by atoms with van der Waals surface area (Å²) in [5.74, 6) is 1.25. The molecule has 8 heteroatoms. The Morgan fingerprint density at radius 3 is 2.49 bits per heavy atom. The van der Waals surface area contributed by atoms with Crippen LogP contribution in [0.1, 0.15) is 41.0 Å². The number of piperidine rings is 1. The number of rotatable bonds is 7. The molecule has 8 nitrogen and oxygen atoms in total. The predicted octanol–water partition coefficient (Wildman–Crippen LogP) is 3.93. The molecule has 2 aromatic heterocycles. The van der Waals surface area contributed by atoms with Gasteiger partial charge in [0.1, 0.15) is 5.76 Å². The summed E-state index contributed by atoms with van der Waals surface area (Å²) < 4.78 is 7.02. The highest BCUT2D eigenvalue weighted by molar-refractivity contribution is 5.79. The summed E-state index contributed by atoms with van der Waals surface area (Å²) in [6, 6.07) is 16.0. The van der Waals surface area contributed by atoms with Crippen LogP contribution in [0.2, 0.25) is 0 Å². The first-order valence-electron chi connectivity index (χ1n) is 12.9. The van der Waals surface area contributed by atoms with Crippen LogP contribution >= 0.6 is 0 Å². The van der Waals surface area contributed by atoms with Gasteiger partial charge in [-0.2, -0.15) is 0 Å². The van der Waals surface area contributed by atoms with Crippen molar-refractivity contribution in [3.05, 3.63) is 87.0 Å². The lowest BCUT2D eigenvalue weighted by Crippen LogP contribution is -2.43. The minimum absolute atomic E-state index is 0.0645. The summed E-state index contributed by atoms with van der Waals surface area (Å²) in [6.45, 7) is 8.14. The number of aryl methyl sites for hydroxylation is 3. The molecule has 1 amide bonds. The first-order chi connectivity index (χ1) is 17.9. The number of hydrogen-bond donors (Lipinski definition) is 1. The molecule has 192 valence electrons. The van der Waals surface area contributed by atoms with E-state index in [0.29, 0.717) is 51.3 Å². The Bertz CT molecular complexity index is 1440. The molecule has 0 unspecified atom stereocenters. The molecule has 5 rings (SSSR count). The van der Waals surface area contributed by atoms with Crippen molar-refractivity contribution in [1.82, 2.24) is 20.0 Å². The molecular weight excluding hydrogens is 466 g/mol. The number of anilines is 1. The number of aromatic nitrogens is 3. The van der Waals surface area contributed by atoms with Gasteiger partial charge in [-0.3, -0.25) is 14.2 Å². The Labute approximate surface area is 216 Å². The van der Waals surface area contributed by atoms with Crippen molar-refractivity contribution in [3.63, 3.8) is 0 Å². The average molecular weight is 500 g/mol. The van der Waals surface area contributed by atoms with Crippen molar-refractivity contribution in [2.24, 2.45) is 5.92 Å². The number of hydrogen-bond acceptors (Lipinski definition) is 6. The normalized spacial score (nSPS) is 14.3. The molecule has 1 aliphatic heterocycles. The third-order valence-electron chi connectivity index (χ3n) is 7.32. The van der Waals surface area contributed by atoms with Crippen molar-refractivity contribution in [2.75, 3.05) is 24.5 Å². The Balaban J connectivity index is 1.28. The number of nitrogens with one attached hydrogen (secondary N) is 1. The first kappa shape index (κ1) is 24.7. The van der Waals surface area contributed by atoms with Gasteiger partial charge in [-0.05, 0) is 57.7 Å². The Morgan fingerprint density at radius 2 is 1.78 bits per heavy atom. The van der Waals surface area contributed by atoms with Gasteiger partial charge in [-0.1, -0.05) is 47.1 Å². The lowest BCUT2D eigenvalue weighted by atomic mass is 9.96. The summed E-state index contributed by atoms with van der Waals surface area (Å²) in [5.41, 5.74) is 5.71. The van der Waals surface area contributed by atoms with Gasteiger partial charge in [0, 0.05) is 31.1 Å². The van der Waals surface area contributed by atoms with Crippen molar-refractivity contribution in [1.29, 1.82) is 0 Å². The van der Waals surface area contributed by atoms with E-state index in [0.717, 1.165) is 33.6 Å². The van der Waals surface area contributed by atoms with Crippen molar-refractivity contribution in [2.45, 2.75) is 46.6 Å². The van der Waals surface area contributed by atoms with Crippen LogP contribution in [0, 0.1) is 26.7 Å². The lowest BCUT2D eigenvalue weighted by Gasteiger charge is -2.32. The van der Waals surface area contributed by atoms with E-state index >= 15 is 0 Å². The van der Waals surface area contributed by atoms with E-state index in [-0.39, 0.29) is 17.4 Å². The first-order valence-corrected chi connectivity index (χ1v) is 12.9. The molecular formula is C29H33N5O3. The van der Waals surface area contributed by atoms with Gasteiger partial charge in [0.2, 0.25) is 5.91 Å². The summed E-state index contributed by atoms with van der Waals surface area (Å²) in [5, 5.41) is 7.04. The Morgan fingerprint density at radius 1 is 1.05 bits per heavy atom. The summed E-state index contributed by atoms with van der Waals surface area (Å²) in [4.78, 5) is 33.2. The van der Waals surface area contributed by atoms with Crippen molar-refractivity contribution in [3.8, 4) is 0 Å². The van der Waals surface area contributed by atoms with Crippen LogP contribution in [0.3, 0.4) is 0 Å². The largest absolute Gasteiger partial charge is 0.361 e. The van der Waals surface area contributed by atoms with E-state index in [2.05, 4.69) is 41.7 Å². The maximum absolute atomic E-state index is 13.6. The van der Waals surface area contributed by atoms with E-state index < -0.39 is 0 Å². The third kappa shape index (κ3) is 5.28. The topological polar surface area (TPSA) is 93.3 Å². The number of benzene rings is 2. The highest BCUT2D eigenvalue weighted by Gasteiger charge is 2.27. The van der Waals surface area contributed by atoms with Gasteiger partial charge >= 0.3 is 0 Å². The smallest absolute Gasteiger partial charge is 0.294 e. The second-order valence-corrected chi connectivity index (χ2v) is 9.91. The molecule has 1 aliphatic rings. The third-order valence-corrected chi connectivity index (χ3v) is 7.32. The van der Waals surface area contributed by atoms with E-state index in [1.165, 1.54) is 5.56 Å². The second-order valence-electron chi connectivity index (χ2n) is 9.91. The van der Waals surface area contributed by atoms with Crippen LogP contribution in [0.4, 0.5) is 5.82 Å². The van der Waals surface area contributed by atoms with Crippen LogP contribution < -0.4 is 15.8 Å². The van der Waals surface area contributed by atoms with Crippen LogP contribution in [0.15, 0.2) is 57.8 Å². The molecule has 1 saturated heterocycles. The molecule has 1 fully saturated rings. The molecule has 0 atom stereocenters. The van der Waals surface area contributed by atoms with Crippen molar-refractivity contribution >= 4 is 22.8 Å². The Hall–Kier alpha value is -3.94. The van der Waals surface area contributed by atoms with Crippen LogP contribution in [0.25, 0.3) is 11.0 Å². The van der Waals surface area contributed by atoms with E-state index in [1.54, 1.807) is 0 Å². The molecule has 37 heavy (non-hydrogen) atoms. The van der Waals surface area contributed by atoms with Gasteiger partial charge in [-0.15, -0.1) is 0 Å². The van der Waals surface area contributed by atoms with Gasteiger partial charge in [0.15, 0.2) is 5.82 Å². The van der Waals surface area contributed by atoms with E-state index in [9.17, 15) is 9.59 Å². The zero-order valence-corrected chi connectivity index (χ0v) is 21.7. The Kier molecular flexibility index (Phi) is 7.08. The highest BCUT2D eigenvalue weighted by Crippen LogP contribution is 2.23. The van der Waals surface area contributed by atoms with Gasteiger partial charge in [0.05, 0.1) is 23.3 Å². The fraction of sp³-hybridized carbons (Fsp3) is 0.379. The number of nitrogens with zero attached hydrogens (tertiary/aromatic N) is 4. The quantitative estimate of drug-likeness (QED) is 0.414. The molecule has 2 aromatic carbocycles. The van der Waals surface area contributed by atoms with Gasteiger partial charge in [0.25, 0.3) is 5.56 Å². The lowest BCUT2D eigenvalue weighted by molar-refractivity contribution is -0.125. The molecule has 0 bridgehead atoms. The molecule has 0 saturated carbocycles. The number of fused-ring (bicyclic) bond motifs is 1. The highest BCUT2D eigenvalue weighted by atomic mass is 16.5. The molecule has 0 radical (unpaired) electrons. The minimum Gasteiger partial charge on any atom is -0.361 e. The zero-order chi connectivity index (χ0) is 25.9. The number of carbonyl (C=O) groups excluding carboxylic acids is 1. The van der Waals surface area contributed by atoms with Crippen LogP contribution in [0.5, 0.6) is 0 Å². The average Bonchev–Trinajstić information content (AvgIpc) is 3.23. The SMILES string of the molecule is Cc1ccc(Cn2c(=O)c(N3CCC(C(=O)NCCc4c(C)noc4C)CC3)nc3ccccc32)cc1. The molecule has 0 aliphatic carbocycles. The van der Waals surface area contributed by atoms with E-state index in [4.69, 9.17) is 9.51 Å². The molecule has 0 spiro atoms. The number of carbonyl (C=O) groups is 1. The fourth-order valence-electron chi connectivity index (χ4n) is 5.09. The molecule has 1 N–H and O–H groups in total. The summed E-state index contributed by atoms with van der Waals surface area (Å²) in [6.07, 6.45) is 2.07. The maximum atomic E-state index is 13.6. The number of amides is 1. The summed E-state index contributed by atoms with van der Waals surface area (Å²) in [7, 11) is 0. The van der Waals surface area contributed by atoms with Crippen molar-refractivity contribution < 1.29 is 9.32 Å². The molecule has 4 aromatic rings. The van der Waals surface area contributed by atoms with Crippen LogP contribution in [-0.2, 0) is 17.8 Å². The number of para-hydroxylation sites is 2. The maximum Gasteiger partial charge on any atom is 0.294 e.